The van der Waals surface area contributed by atoms with E-state index in [1.165, 1.54) is 27.6 Å². The van der Waals surface area contributed by atoms with Crippen LogP contribution in [-0.4, -0.2) is 11.1 Å². The second-order valence-electron chi connectivity index (χ2n) is 4.60. The quantitative estimate of drug-likeness (QED) is 0.840. The average molecular weight is 216 g/mol. The van der Waals surface area contributed by atoms with Gasteiger partial charge in [-0.15, -0.1) is 0 Å². The molecule has 0 spiro atoms. The maximum atomic E-state index is 5.57. The summed E-state index contributed by atoms with van der Waals surface area (Å²) in [6.45, 7) is 8.29. The van der Waals surface area contributed by atoms with E-state index in [2.05, 4.69) is 43.7 Å². The van der Waals surface area contributed by atoms with Crippen LogP contribution in [0.15, 0.2) is 18.3 Å². The Bertz CT molecular complexity index is 509. The number of aryl methyl sites for hydroxylation is 4. The maximum absolute atomic E-state index is 5.57. The van der Waals surface area contributed by atoms with Gasteiger partial charge in [-0.2, -0.15) is 0 Å². The minimum Gasteiger partial charge on any atom is -0.347 e. The van der Waals surface area contributed by atoms with Crippen molar-refractivity contribution >= 4 is 10.9 Å². The fourth-order valence-electron chi connectivity index (χ4n) is 2.17. The van der Waals surface area contributed by atoms with Gasteiger partial charge in [0.15, 0.2) is 0 Å². The van der Waals surface area contributed by atoms with E-state index in [4.69, 9.17) is 5.73 Å². The van der Waals surface area contributed by atoms with Gasteiger partial charge in [-0.3, -0.25) is 0 Å². The topological polar surface area (TPSA) is 30.9 Å². The van der Waals surface area contributed by atoms with E-state index in [1.807, 2.05) is 0 Å². The van der Waals surface area contributed by atoms with Crippen LogP contribution in [0, 0.1) is 20.8 Å². The van der Waals surface area contributed by atoms with Gasteiger partial charge >= 0.3 is 0 Å². The van der Waals surface area contributed by atoms with Crippen LogP contribution in [0.4, 0.5) is 0 Å². The van der Waals surface area contributed by atoms with Crippen LogP contribution in [0.25, 0.3) is 10.9 Å². The molecule has 0 saturated carbocycles. The van der Waals surface area contributed by atoms with Crippen molar-refractivity contribution in [3.8, 4) is 0 Å². The number of fused-ring (bicyclic) bond motifs is 1. The van der Waals surface area contributed by atoms with E-state index in [0.29, 0.717) is 0 Å². The second kappa shape index (κ2) is 4.30. The lowest BCUT2D eigenvalue weighted by Crippen LogP contribution is -2.04. The molecule has 0 amide bonds. The summed E-state index contributed by atoms with van der Waals surface area (Å²) in [6, 6.07) is 4.58. The molecule has 0 fully saturated rings. The molecule has 0 radical (unpaired) electrons. The van der Waals surface area contributed by atoms with Crippen LogP contribution in [-0.2, 0) is 6.54 Å². The zero-order valence-electron chi connectivity index (χ0n) is 10.4. The Kier molecular flexibility index (Phi) is 3.01. The minimum absolute atomic E-state index is 0.754. The van der Waals surface area contributed by atoms with E-state index in [9.17, 15) is 0 Å². The van der Waals surface area contributed by atoms with Crippen molar-refractivity contribution in [2.75, 3.05) is 6.54 Å². The molecule has 16 heavy (non-hydrogen) atoms. The van der Waals surface area contributed by atoms with Gasteiger partial charge in [0.2, 0.25) is 0 Å². The molecule has 2 nitrogen and oxygen atoms in total. The zero-order chi connectivity index (χ0) is 11.7. The summed E-state index contributed by atoms with van der Waals surface area (Å²) >= 11 is 0. The molecule has 0 aliphatic carbocycles. The van der Waals surface area contributed by atoms with Crippen LogP contribution in [0.2, 0.25) is 0 Å². The van der Waals surface area contributed by atoms with Gasteiger partial charge in [-0.1, -0.05) is 0 Å². The van der Waals surface area contributed by atoms with Crippen LogP contribution in [0.1, 0.15) is 23.1 Å². The highest BCUT2D eigenvalue weighted by molar-refractivity contribution is 5.85. The number of benzene rings is 1. The van der Waals surface area contributed by atoms with Crippen LogP contribution >= 0.6 is 0 Å². The SMILES string of the molecule is Cc1cc2c(C)cn(CCCN)c2cc1C. The predicted molar refractivity (Wildman–Crippen MR) is 69.8 cm³/mol. The molecular formula is C14H20N2. The molecule has 0 saturated heterocycles. The second-order valence-corrected chi connectivity index (χ2v) is 4.60. The molecule has 0 aliphatic heterocycles. The van der Waals surface area contributed by atoms with E-state index >= 15 is 0 Å². The molecule has 86 valence electrons. The summed E-state index contributed by atoms with van der Waals surface area (Å²) in [5, 5.41) is 1.38. The Morgan fingerprint density at radius 3 is 2.44 bits per heavy atom. The van der Waals surface area contributed by atoms with Gasteiger partial charge < -0.3 is 10.3 Å². The third-order valence-corrected chi connectivity index (χ3v) is 3.30. The lowest BCUT2D eigenvalue weighted by Gasteiger charge is -2.06. The highest BCUT2D eigenvalue weighted by Gasteiger charge is 2.06. The highest BCUT2D eigenvalue weighted by atomic mass is 15.0. The van der Waals surface area contributed by atoms with E-state index in [-0.39, 0.29) is 0 Å². The largest absolute Gasteiger partial charge is 0.347 e. The first-order valence-corrected chi connectivity index (χ1v) is 5.90. The number of hydrogen-bond acceptors (Lipinski definition) is 1. The number of aromatic nitrogens is 1. The molecule has 0 bridgehead atoms. The Balaban J connectivity index is 2.55. The summed E-state index contributed by atoms with van der Waals surface area (Å²) in [7, 11) is 0. The number of nitrogens with zero attached hydrogens (tertiary/aromatic N) is 1. The summed E-state index contributed by atoms with van der Waals surface area (Å²) in [5.74, 6) is 0. The Hall–Kier alpha value is -1.28. The molecule has 1 heterocycles. The zero-order valence-corrected chi connectivity index (χ0v) is 10.4. The van der Waals surface area contributed by atoms with Crippen molar-refractivity contribution in [1.82, 2.24) is 4.57 Å². The van der Waals surface area contributed by atoms with Gasteiger partial charge in [0.05, 0.1) is 0 Å². The summed E-state index contributed by atoms with van der Waals surface area (Å²) in [5.41, 5.74) is 11.0. The van der Waals surface area contributed by atoms with Gasteiger partial charge in [0.25, 0.3) is 0 Å². The van der Waals surface area contributed by atoms with Crippen molar-refractivity contribution in [2.24, 2.45) is 5.73 Å². The summed E-state index contributed by atoms with van der Waals surface area (Å²) in [4.78, 5) is 0. The molecular weight excluding hydrogens is 196 g/mol. The van der Waals surface area contributed by atoms with Gasteiger partial charge in [0, 0.05) is 23.6 Å². The lowest BCUT2D eigenvalue weighted by molar-refractivity contribution is 0.669. The third kappa shape index (κ3) is 1.85. The fourth-order valence-corrected chi connectivity index (χ4v) is 2.17. The number of hydrogen-bond donors (Lipinski definition) is 1. The molecule has 2 N–H and O–H groups in total. The van der Waals surface area contributed by atoms with Crippen LogP contribution in [0.3, 0.4) is 0 Å². The predicted octanol–water partition coefficient (Wildman–Crippen LogP) is 2.92. The van der Waals surface area contributed by atoms with Crippen LogP contribution in [0.5, 0.6) is 0 Å². The van der Waals surface area contributed by atoms with Gasteiger partial charge in [-0.05, 0) is 62.6 Å². The monoisotopic (exact) mass is 216 g/mol. The first-order chi connectivity index (χ1) is 7.63. The Morgan fingerprint density at radius 1 is 1.06 bits per heavy atom. The van der Waals surface area contributed by atoms with Gasteiger partial charge in [0.1, 0.15) is 0 Å². The van der Waals surface area contributed by atoms with Crippen molar-refractivity contribution in [1.29, 1.82) is 0 Å². The Labute approximate surface area is 97.1 Å². The normalized spacial score (nSPS) is 11.2. The van der Waals surface area contributed by atoms with Crippen molar-refractivity contribution in [3.63, 3.8) is 0 Å². The number of nitrogens with two attached hydrogens (primary N) is 1. The number of rotatable bonds is 3. The molecule has 1 aromatic heterocycles. The van der Waals surface area contributed by atoms with Crippen LogP contribution < -0.4 is 5.73 Å². The fraction of sp³-hybridized carbons (Fsp3) is 0.429. The molecule has 1 aromatic carbocycles. The Morgan fingerprint density at radius 2 is 1.75 bits per heavy atom. The molecule has 2 rings (SSSR count). The molecule has 2 aromatic rings. The first-order valence-electron chi connectivity index (χ1n) is 5.90. The van der Waals surface area contributed by atoms with Crippen molar-refractivity contribution in [3.05, 3.63) is 35.0 Å². The van der Waals surface area contributed by atoms with Crippen molar-refractivity contribution in [2.45, 2.75) is 33.7 Å². The molecule has 0 aliphatic rings. The first kappa shape index (κ1) is 11.2. The molecule has 0 atom stereocenters. The van der Waals surface area contributed by atoms with Crippen molar-refractivity contribution < 1.29 is 0 Å². The highest BCUT2D eigenvalue weighted by Crippen LogP contribution is 2.24. The minimum atomic E-state index is 0.754. The maximum Gasteiger partial charge on any atom is 0.0485 e. The average Bonchev–Trinajstić information content (AvgIpc) is 2.54. The van der Waals surface area contributed by atoms with Gasteiger partial charge in [-0.25, -0.2) is 0 Å². The molecule has 2 heteroatoms. The van der Waals surface area contributed by atoms with E-state index in [1.54, 1.807) is 0 Å². The van der Waals surface area contributed by atoms with E-state index in [0.717, 1.165) is 19.5 Å². The summed E-state index contributed by atoms with van der Waals surface area (Å²) in [6.07, 6.45) is 3.27. The van der Waals surface area contributed by atoms with E-state index < -0.39 is 0 Å². The molecule has 0 unspecified atom stereocenters. The smallest absolute Gasteiger partial charge is 0.0485 e. The lowest BCUT2D eigenvalue weighted by atomic mass is 10.1. The summed E-state index contributed by atoms with van der Waals surface area (Å²) < 4.78 is 2.32. The standard InChI is InChI=1S/C14H20N2/c1-10-7-13-12(3)9-16(6-4-5-15)14(13)8-11(10)2/h7-9H,4-6,15H2,1-3H3. The third-order valence-electron chi connectivity index (χ3n) is 3.30.